The molecule has 7 rings (SSSR count). The number of likely N-dealkylation sites (tertiary alicyclic amines) is 1. The first-order valence-electron chi connectivity index (χ1n) is 13.0. The van der Waals surface area contributed by atoms with Crippen molar-refractivity contribution in [1.82, 2.24) is 10.2 Å². The maximum absolute atomic E-state index is 13.5. The largest absolute Gasteiger partial charge is 0.504 e. The first kappa shape index (κ1) is 22.4. The second-order valence-electron chi connectivity index (χ2n) is 11.1. The Balaban J connectivity index is 1.33. The molecular weight excluding hydrogens is 476 g/mol. The molecule has 2 aromatic carbocycles. The molecule has 36 heavy (non-hydrogen) atoms. The Bertz CT molecular complexity index is 1300. The first-order valence-corrected chi connectivity index (χ1v) is 13.3. The monoisotopic (exact) mass is 504 g/mol. The molecule has 2 aliphatic heterocycles. The smallest absolute Gasteiger partial charge is 0.244 e. The number of carbonyl (C=O) groups excluding carboxylic acids is 2. The number of Topliss-reactive ketones (excluding diaryl/α,β-unsaturated/α-hetero) is 1. The maximum Gasteiger partial charge on any atom is 0.244 e. The van der Waals surface area contributed by atoms with Crippen LogP contribution in [0.5, 0.6) is 11.5 Å². The second kappa shape index (κ2) is 7.83. The number of aromatic hydroxyl groups is 1. The minimum absolute atomic E-state index is 0.0643. The molecule has 3 fully saturated rings. The molecule has 0 radical (unpaired) electrons. The SMILES string of the molecule is O=C(C=Cc1ccc(Cl)cc1)N[C@@]12CCC(=O)C3Oc4c(O)ccc5c4[C@@]31CCN(CC1CC1)C2C5. The van der Waals surface area contributed by atoms with Gasteiger partial charge in [-0.3, -0.25) is 14.5 Å². The Labute approximate surface area is 215 Å². The summed E-state index contributed by atoms with van der Waals surface area (Å²) in [6.45, 7) is 1.89. The quantitative estimate of drug-likeness (QED) is 0.601. The van der Waals surface area contributed by atoms with Gasteiger partial charge in [-0.2, -0.15) is 0 Å². The molecule has 4 atom stereocenters. The van der Waals surface area contributed by atoms with Gasteiger partial charge in [-0.1, -0.05) is 29.8 Å². The van der Waals surface area contributed by atoms with Crippen LogP contribution >= 0.6 is 11.6 Å². The highest BCUT2D eigenvalue weighted by Gasteiger charge is 2.73. The van der Waals surface area contributed by atoms with Crippen LogP contribution in [0.15, 0.2) is 42.5 Å². The number of nitrogens with one attached hydrogen (secondary N) is 1. The van der Waals surface area contributed by atoms with Gasteiger partial charge in [-0.05, 0) is 80.0 Å². The second-order valence-corrected chi connectivity index (χ2v) is 11.6. The van der Waals surface area contributed by atoms with E-state index in [4.69, 9.17) is 16.3 Å². The normalized spacial score (nSPS) is 32.3. The number of hydrogen-bond donors (Lipinski definition) is 2. The van der Waals surface area contributed by atoms with Gasteiger partial charge in [0, 0.05) is 35.7 Å². The Morgan fingerprint density at radius 1 is 1.19 bits per heavy atom. The summed E-state index contributed by atoms with van der Waals surface area (Å²) < 4.78 is 6.30. The number of piperidine rings is 1. The lowest BCUT2D eigenvalue weighted by Crippen LogP contribution is -2.81. The van der Waals surface area contributed by atoms with Gasteiger partial charge in [-0.15, -0.1) is 0 Å². The maximum atomic E-state index is 13.5. The number of phenolic OH excluding ortho intramolecular Hbond substituents is 1. The molecule has 5 aliphatic rings. The van der Waals surface area contributed by atoms with Gasteiger partial charge in [0.2, 0.25) is 5.91 Å². The lowest BCUT2D eigenvalue weighted by Gasteiger charge is -2.65. The van der Waals surface area contributed by atoms with E-state index in [1.165, 1.54) is 12.8 Å². The third-order valence-corrected chi connectivity index (χ3v) is 9.51. The van der Waals surface area contributed by atoms with Crippen LogP contribution < -0.4 is 10.1 Å². The van der Waals surface area contributed by atoms with E-state index in [9.17, 15) is 14.7 Å². The van der Waals surface area contributed by atoms with Gasteiger partial charge in [0.1, 0.15) is 0 Å². The van der Waals surface area contributed by atoms with E-state index in [0.717, 1.165) is 42.6 Å². The number of nitrogens with zero attached hydrogens (tertiary/aromatic N) is 1. The third-order valence-electron chi connectivity index (χ3n) is 9.26. The minimum Gasteiger partial charge on any atom is -0.504 e. The summed E-state index contributed by atoms with van der Waals surface area (Å²) >= 11 is 6.00. The summed E-state index contributed by atoms with van der Waals surface area (Å²) in [4.78, 5) is 29.4. The van der Waals surface area contributed by atoms with Crippen LogP contribution in [0, 0.1) is 5.92 Å². The van der Waals surface area contributed by atoms with Crippen molar-refractivity contribution in [2.24, 2.45) is 5.92 Å². The van der Waals surface area contributed by atoms with Gasteiger partial charge in [0.25, 0.3) is 0 Å². The summed E-state index contributed by atoms with van der Waals surface area (Å²) in [7, 11) is 0. The summed E-state index contributed by atoms with van der Waals surface area (Å²) in [5.74, 6) is 1.13. The number of ketones is 1. The van der Waals surface area contributed by atoms with Crippen LogP contribution in [0.25, 0.3) is 6.08 Å². The fourth-order valence-corrected chi connectivity index (χ4v) is 7.70. The van der Waals surface area contributed by atoms with Gasteiger partial charge >= 0.3 is 0 Å². The van der Waals surface area contributed by atoms with Crippen LogP contribution in [0.4, 0.5) is 0 Å². The number of carbonyl (C=O) groups is 2. The lowest BCUT2D eigenvalue weighted by molar-refractivity contribution is -0.148. The predicted molar refractivity (Wildman–Crippen MR) is 136 cm³/mol. The average molecular weight is 505 g/mol. The number of halogens is 1. The molecule has 2 unspecified atom stereocenters. The standard InChI is InChI=1S/C29H29ClN2O4/c30-20-7-3-17(4-8-20)5-10-24(35)31-29-12-11-22(34)27-28(29)13-14-32(16-18-1-2-18)23(29)15-19-6-9-21(33)26(36-27)25(19)28/h3-10,18,23,27,33H,1-2,11-16H2,(H,31,35)/t23?,27?,28-,29+/m0/s1. The highest BCUT2D eigenvalue weighted by Crippen LogP contribution is 2.65. The average Bonchev–Trinajstić information content (AvgIpc) is 3.61. The van der Waals surface area contributed by atoms with Crippen molar-refractivity contribution < 1.29 is 19.4 Å². The molecule has 1 amide bonds. The summed E-state index contributed by atoms with van der Waals surface area (Å²) in [5.41, 5.74) is 1.66. The van der Waals surface area contributed by atoms with E-state index in [2.05, 4.69) is 10.2 Å². The molecule has 2 N–H and O–H groups in total. The molecule has 2 bridgehead atoms. The fourth-order valence-electron chi connectivity index (χ4n) is 7.57. The van der Waals surface area contributed by atoms with Crippen LogP contribution in [0.3, 0.4) is 0 Å². The molecule has 186 valence electrons. The van der Waals surface area contributed by atoms with Crippen molar-refractivity contribution in [3.05, 3.63) is 64.2 Å². The van der Waals surface area contributed by atoms with Crippen molar-refractivity contribution in [2.45, 2.75) is 61.6 Å². The zero-order chi connectivity index (χ0) is 24.7. The van der Waals surface area contributed by atoms with Crippen LogP contribution in [0.2, 0.25) is 5.02 Å². The predicted octanol–water partition coefficient (Wildman–Crippen LogP) is 4.02. The van der Waals surface area contributed by atoms with E-state index < -0.39 is 17.1 Å². The minimum atomic E-state index is -0.681. The van der Waals surface area contributed by atoms with E-state index in [1.807, 2.05) is 18.2 Å². The summed E-state index contributed by atoms with van der Waals surface area (Å²) in [6, 6.07) is 11.1. The van der Waals surface area contributed by atoms with Crippen molar-refractivity contribution in [3.8, 4) is 11.5 Å². The Hall–Kier alpha value is -2.83. The van der Waals surface area contributed by atoms with Crippen LogP contribution in [0.1, 0.15) is 48.8 Å². The molecule has 0 aromatic heterocycles. The summed E-state index contributed by atoms with van der Waals surface area (Å²) in [6.07, 6.45) is 7.63. The Morgan fingerprint density at radius 3 is 2.78 bits per heavy atom. The zero-order valence-electron chi connectivity index (χ0n) is 20.0. The van der Waals surface area contributed by atoms with Crippen molar-refractivity contribution in [2.75, 3.05) is 13.1 Å². The lowest BCUT2D eigenvalue weighted by atomic mass is 9.47. The number of hydrogen-bond acceptors (Lipinski definition) is 5. The van der Waals surface area contributed by atoms with Crippen molar-refractivity contribution in [1.29, 1.82) is 0 Å². The highest BCUT2D eigenvalue weighted by molar-refractivity contribution is 6.30. The van der Waals surface area contributed by atoms with E-state index in [-0.39, 0.29) is 23.5 Å². The fraction of sp³-hybridized carbons (Fsp3) is 0.448. The van der Waals surface area contributed by atoms with E-state index >= 15 is 0 Å². The number of benzene rings is 2. The topological polar surface area (TPSA) is 78.9 Å². The van der Waals surface area contributed by atoms with Crippen LogP contribution in [-0.4, -0.2) is 52.5 Å². The first-order chi connectivity index (χ1) is 17.4. The number of rotatable bonds is 5. The number of ether oxygens (including phenoxy) is 1. The van der Waals surface area contributed by atoms with E-state index in [0.29, 0.717) is 29.5 Å². The Kier molecular flexibility index (Phi) is 4.87. The third kappa shape index (κ3) is 3.07. The van der Waals surface area contributed by atoms with Gasteiger partial charge in [0.15, 0.2) is 23.4 Å². The molecule has 2 saturated carbocycles. The van der Waals surface area contributed by atoms with E-state index in [1.54, 1.807) is 30.4 Å². The van der Waals surface area contributed by atoms with Crippen molar-refractivity contribution >= 4 is 29.4 Å². The molecule has 7 heteroatoms. The van der Waals surface area contributed by atoms with Gasteiger partial charge < -0.3 is 15.2 Å². The molecule has 1 spiro atoms. The summed E-state index contributed by atoms with van der Waals surface area (Å²) in [5, 5.41) is 14.8. The molecule has 2 heterocycles. The number of phenols is 1. The molecule has 1 saturated heterocycles. The molecule has 3 aliphatic carbocycles. The highest BCUT2D eigenvalue weighted by atomic mass is 35.5. The van der Waals surface area contributed by atoms with Gasteiger partial charge in [0.05, 0.1) is 11.0 Å². The zero-order valence-corrected chi connectivity index (χ0v) is 20.8. The van der Waals surface area contributed by atoms with Gasteiger partial charge in [-0.25, -0.2) is 0 Å². The molecule has 6 nitrogen and oxygen atoms in total. The van der Waals surface area contributed by atoms with Crippen molar-refractivity contribution in [3.63, 3.8) is 0 Å². The van der Waals surface area contributed by atoms with Crippen LogP contribution in [-0.2, 0) is 21.4 Å². The molecular formula is C29H29ClN2O4. The number of amides is 1. The molecule has 2 aromatic rings. The Morgan fingerprint density at radius 2 is 2.00 bits per heavy atom.